The molecule has 0 aliphatic heterocycles. The maximum absolute atomic E-state index is 11.9. The first-order chi connectivity index (χ1) is 10.1. The summed E-state index contributed by atoms with van der Waals surface area (Å²) in [6.07, 6.45) is 0.0658. The number of rotatable bonds is 5. The SMILES string of the molecule is Cn1cc(Cl)cc1C(=O)NC[C@@H](O)CNC(=O)OC(C)(C)C. The van der Waals surface area contributed by atoms with E-state index in [9.17, 15) is 14.7 Å². The highest BCUT2D eigenvalue weighted by Crippen LogP contribution is 2.12. The van der Waals surface area contributed by atoms with Crippen molar-refractivity contribution >= 4 is 23.6 Å². The number of alkyl carbamates (subject to hydrolysis) is 1. The summed E-state index contributed by atoms with van der Waals surface area (Å²) in [5.74, 6) is -0.356. The quantitative estimate of drug-likeness (QED) is 0.758. The Balaban J connectivity index is 2.34. The topological polar surface area (TPSA) is 92.6 Å². The van der Waals surface area contributed by atoms with Gasteiger partial charge in [0, 0.05) is 26.3 Å². The highest BCUT2D eigenvalue weighted by atomic mass is 35.5. The number of hydrogen-bond acceptors (Lipinski definition) is 4. The molecule has 1 aromatic heterocycles. The zero-order valence-corrected chi connectivity index (χ0v) is 13.9. The van der Waals surface area contributed by atoms with Crippen LogP contribution in [0.25, 0.3) is 0 Å². The fraction of sp³-hybridized carbons (Fsp3) is 0.571. The molecule has 1 aromatic rings. The zero-order valence-electron chi connectivity index (χ0n) is 13.1. The summed E-state index contributed by atoms with van der Waals surface area (Å²) in [5, 5.41) is 15.2. The Morgan fingerprint density at radius 1 is 1.36 bits per heavy atom. The lowest BCUT2D eigenvalue weighted by Gasteiger charge is -2.20. The molecule has 0 fully saturated rings. The first-order valence-electron chi connectivity index (χ1n) is 6.83. The minimum absolute atomic E-state index is 0.00255. The van der Waals surface area contributed by atoms with E-state index in [0.717, 1.165) is 0 Å². The first kappa shape index (κ1) is 18.3. The standard InChI is InChI=1S/C14H22ClN3O4/c1-14(2,3)22-13(21)17-7-10(19)6-16-12(20)11-5-9(15)8-18(11)4/h5,8,10,19H,6-7H2,1-4H3,(H,16,20)(H,17,21)/t10-/m1/s1. The predicted molar refractivity (Wildman–Crippen MR) is 83.0 cm³/mol. The molecule has 0 aliphatic carbocycles. The molecule has 3 N–H and O–H groups in total. The second-order valence-corrected chi connectivity index (χ2v) is 6.34. The summed E-state index contributed by atoms with van der Waals surface area (Å²) in [6.45, 7) is 5.21. The lowest BCUT2D eigenvalue weighted by molar-refractivity contribution is 0.0492. The Hall–Kier alpha value is -1.73. The lowest BCUT2D eigenvalue weighted by atomic mass is 10.2. The van der Waals surface area contributed by atoms with Crippen molar-refractivity contribution < 1.29 is 19.4 Å². The number of halogens is 1. The van der Waals surface area contributed by atoms with Gasteiger partial charge in [-0.15, -0.1) is 0 Å². The van der Waals surface area contributed by atoms with E-state index in [1.807, 2.05) is 0 Å². The van der Waals surface area contributed by atoms with Crippen LogP contribution < -0.4 is 10.6 Å². The average molecular weight is 332 g/mol. The average Bonchev–Trinajstić information content (AvgIpc) is 2.70. The van der Waals surface area contributed by atoms with Crippen molar-refractivity contribution in [1.29, 1.82) is 0 Å². The van der Waals surface area contributed by atoms with Crippen LogP contribution in [-0.4, -0.2) is 46.5 Å². The summed E-state index contributed by atoms with van der Waals surface area (Å²) in [5.41, 5.74) is -0.216. The number of aromatic nitrogens is 1. The van der Waals surface area contributed by atoms with Gasteiger partial charge in [0.2, 0.25) is 0 Å². The van der Waals surface area contributed by atoms with Gasteiger partial charge in [0.15, 0.2) is 0 Å². The van der Waals surface area contributed by atoms with E-state index in [4.69, 9.17) is 16.3 Å². The molecule has 1 heterocycles. The van der Waals surface area contributed by atoms with Crippen molar-refractivity contribution in [3.63, 3.8) is 0 Å². The molecular weight excluding hydrogens is 310 g/mol. The maximum Gasteiger partial charge on any atom is 0.407 e. The Kier molecular flexibility index (Phi) is 6.25. The Morgan fingerprint density at radius 3 is 2.45 bits per heavy atom. The summed E-state index contributed by atoms with van der Waals surface area (Å²) in [7, 11) is 1.70. The number of nitrogens with zero attached hydrogens (tertiary/aromatic N) is 1. The number of aryl methyl sites for hydroxylation is 1. The van der Waals surface area contributed by atoms with Crippen LogP contribution in [0.2, 0.25) is 5.02 Å². The van der Waals surface area contributed by atoms with Gasteiger partial charge in [-0.3, -0.25) is 4.79 Å². The number of aliphatic hydroxyl groups excluding tert-OH is 1. The van der Waals surface area contributed by atoms with Crippen molar-refractivity contribution in [2.75, 3.05) is 13.1 Å². The van der Waals surface area contributed by atoms with Crippen molar-refractivity contribution in [3.8, 4) is 0 Å². The third-order valence-corrected chi connectivity index (χ3v) is 2.79. The van der Waals surface area contributed by atoms with Crippen LogP contribution in [0.4, 0.5) is 4.79 Å². The molecule has 22 heavy (non-hydrogen) atoms. The van der Waals surface area contributed by atoms with Gasteiger partial charge >= 0.3 is 6.09 Å². The van der Waals surface area contributed by atoms with E-state index in [-0.39, 0.29) is 19.0 Å². The van der Waals surface area contributed by atoms with Gasteiger partial charge in [0.05, 0.1) is 11.1 Å². The molecule has 0 saturated carbocycles. The van der Waals surface area contributed by atoms with Crippen LogP contribution in [0.1, 0.15) is 31.3 Å². The number of nitrogens with one attached hydrogen (secondary N) is 2. The van der Waals surface area contributed by atoms with Gasteiger partial charge in [-0.25, -0.2) is 4.79 Å². The zero-order chi connectivity index (χ0) is 16.9. The van der Waals surface area contributed by atoms with Crippen molar-refractivity contribution in [2.45, 2.75) is 32.5 Å². The molecule has 8 heteroatoms. The van der Waals surface area contributed by atoms with Gasteiger partial charge in [0.25, 0.3) is 5.91 Å². The van der Waals surface area contributed by atoms with E-state index < -0.39 is 17.8 Å². The van der Waals surface area contributed by atoms with Crippen LogP contribution in [0.5, 0.6) is 0 Å². The summed E-state index contributed by atoms with van der Waals surface area (Å²) < 4.78 is 6.62. The normalized spacial score (nSPS) is 12.6. The van der Waals surface area contributed by atoms with E-state index in [0.29, 0.717) is 10.7 Å². The van der Waals surface area contributed by atoms with Gasteiger partial charge in [-0.05, 0) is 26.8 Å². The van der Waals surface area contributed by atoms with E-state index in [2.05, 4.69) is 10.6 Å². The fourth-order valence-corrected chi connectivity index (χ4v) is 1.89. The van der Waals surface area contributed by atoms with Crippen molar-refractivity contribution in [2.24, 2.45) is 7.05 Å². The first-order valence-corrected chi connectivity index (χ1v) is 7.21. The van der Waals surface area contributed by atoms with E-state index in [1.165, 1.54) is 6.07 Å². The van der Waals surface area contributed by atoms with E-state index >= 15 is 0 Å². The number of aliphatic hydroxyl groups is 1. The Labute approximate surface area is 134 Å². The van der Waals surface area contributed by atoms with Gasteiger partial charge < -0.3 is 25.0 Å². The van der Waals surface area contributed by atoms with Crippen molar-refractivity contribution in [3.05, 3.63) is 23.0 Å². The molecule has 1 rings (SSSR count). The number of amides is 2. The lowest BCUT2D eigenvalue weighted by Crippen LogP contribution is -2.41. The molecule has 0 aliphatic rings. The van der Waals surface area contributed by atoms with Gasteiger partial charge in [-0.2, -0.15) is 0 Å². The van der Waals surface area contributed by atoms with Crippen LogP contribution in [-0.2, 0) is 11.8 Å². The van der Waals surface area contributed by atoms with Gasteiger partial charge in [-0.1, -0.05) is 11.6 Å². The smallest absolute Gasteiger partial charge is 0.407 e. The van der Waals surface area contributed by atoms with Crippen LogP contribution in [0.15, 0.2) is 12.3 Å². The molecule has 2 amide bonds. The number of hydrogen-bond donors (Lipinski definition) is 3. The molecule has 0 radical (unpaired) electrons. The molecule has 0 bridgehead atoms. The second kappa shape index (κ2) is 7.51. The summed E-state index contributed by atoms with van der Waals surface area (Å²) >= 11 is 5.80. The fourth-order valence-electron chi connectivity index (χ4n) is 1.64. The Morgan fingerprint density at radius 2 is 1.95 bits per heavy atom. The second-order valence-electron chi connectivity index (χ2n) is 5.90. The maximum atomic E-state index is 11.9. The third kappa shape index (κ3) is 6.36. The number of carbonyl (C=O) groups is 2. The highest BCUT2D eigenvalue weighted by molar-refractivity contribution is 6.31. The van der Waals surface area contributed by atoms with Gasteiger partial charge in [0.1, 0.15) is 11.3 Å². The van der Waals surface area contributed by atoms with Crippen LogP contribution in [0.3, 0.4) is 0 Å². The minimum atomic E-state index is -0.924. The monoisotopic (exact) mass is 331 g/mol. The molecule has 0 spiro atoms. The largest absolute Gasteiger partial charge is 0.444 e. The van der Waals surface area contributed by atoms with Crippen molar-refractivity contribution in [1.82, 2.24) is 15.2 Å². The minimum Gasteiger partial charge on any atom is -0.444 e. The summed E-state index contributed by atoms with van der Waals surface area (Å²) in [6, 6.07) is 1.53. The predicted octanol–water partition coefficient (Wildman–Crippen LogP) is 1.29. The molecule has 7 nitrogen and oxygen atoms in total. The number of carbonyl (C=O) groups excluding carboxylic acids is 2. The molecule has 1 atom stereocenters. The highest BCUT2D eigenvalue weighted by Gasteiger charge is 2.17. The molecule has 0 aromatic carbocycles. The molecular formula is C14H22ClN3O4. The van der Waals surface area contributed by atoms with Crippen LogP contribution in [0, 0.1) is 0 Å². The molecule has 0 unspecified atom stereocenters. The van der Waals surface area contributed by atoms with Crippen LogP contribution >= 0.6 is 11.6 Å². The number of ether oxygens (including phenoxy) is 1. The van der Waals surface area contributed by atoms with E-state index in [1.54, 1.807) is 38.6 Å². The molecule has 124 valence electrons. The molecule has 0 saturated heterocycles. The summed E-state index contributed by atoms with van der Waals surface area (Å²) in [4.78, 5) is 23.3. The Bertz CT molecular complexity index is 537. The third-order valence-electron chi connectivity index (χ3n) is 2.58.